The fourth-order valence-electron chi connectivity index (χ4n) is 5.31. The molecule has 3 aliphatic heterocycles. The van der Waals surface area contributed by atoms with Crippen LogP contribution in [0.5, 0.6) is 5.75 Å². The first kappa shape index (κ1) is 23.1. The number of carbonyl (C=O) groups excluding carboxylic acids is 1. The predicted molar refractivity (Wildman–Crippen MR) is 130 cm³/mol. The van der Waals surface area contributed by atoms with Crippen LogP contribution in [0.1, 0.15) is 56.1 Å². The molecule has 3 N–H and O–H groups in total. The van der Waals surface area contributed by atoms with E-state index < -0.39 is 0 Å². The van der Waals surface area contributed by atoms with Crippen molar-refractivity contribution in [3.05, 3.63) is 35.9 Å². The molecule has 0 saturated carbocycles. The Balaban J connectivity index is 1.21. The van der Waals surface area contributed by atoms with E-state index in [0.29, 0.717) is 0 Å². The lowest BCUT2D eigenvalue weighted by atomic mass is 9.93. The topological polar surface area (TPSA) is 65.6 Å². The van der Waals surface area contributed by atoms with Gasteiger partial charge in [-0.05, 0) is 94.6 Å². The highest BCUT2D eigenvalue weighted by Crippen LogP contribution is 2.24. The van der Waals surface area contributed by atoms with E-state index in [1.165, 1.54) is 19.3 Å². The molecule has 0 radical (unpaired) electrons. The zero-order valence-electron chi connectivity index (χ0n) is 19.6. The van der Waals surface area contributed by atoms with Gasteiger partial charge in [-0.15, -0.1) is 0 Å². The summed E-state index contributed by atoms with van der Waals surface area (Å²) in [4.78, 5) is 14.6. The number of nitrogens with one attached hydrogen (secondary N) is 3. The molecule has 4 rings (SSSR count). The molecule has 1 amide bonds. The lowest BCUT2D eigenvalue weighted by Gasteiger charge is -2.22. The maximum absolute atomic E-state index is 12.6. The maximum Gasteiger partial charge on any atom is 0.239 e. The average molecular weight is 441 g/mol. The van der Waals surface area contributed by atoms with E-state index >= 15 is 0 Å². The predicted octanol–water partition coefficient (Wildman–Crippen LogP) is 3.07. The van der Waals surface area contributed by atoms with Gasteiger partial charge in [0.1, 0.15) is 5.75 Å². The Kier molecular flexibility index (Phi) is 8.09. The van der Waals surface area contributed by atoms with Crippen molar-refractivity contribution in [1.82, 2.24) is 20.9 Å². The van der Waals surface area contributed by atoms with Crippen LogP contribution in [0.25, 0.3) is 5.70 Å². The molecule has 0 aromatic heterocycles. The zero-order valence-corrected chi connectivity index (χ0v) is 19.6. The number of ether oxygens (including phenoxy) is 1. The summed E-state index contributed by atoms with van der Waals surface area (Å²) in [5, 5.41) is 10.4. The maximum atomic E-state index is 12.6. The Morgan fingerprint density at radius 1 is 1.25 bits per heavy atom. The summed E-state index contributed by atoms with van der Waals surface area (Å²) in [6, 6.07) is 6.41. The van der Waals surface area contributed by atoms with Gasteiger partial charge >= 0.3 is 0 Å². The second-order valence-corrected chi connectivity index (χ2v) is 9.71. The normalized spacial score (nSPS) is 24.0. The Morgan fingerprint density at radius 2 is 2.03 bits per heavy atom. The quantitative estimate of drug-likeness (QED) is 0.515. The molecular formula is C26H40N4O2. The number of hydrogen-bond acceptors (Lipinski definition) is 5. The Bertz CT molecular complexity index is 784. The Labute approximate surface area is 193 Å². The van der Waals surface area contributed by atoms with Crippen LogP contribution < -0.4 is 20.7 Å². The van der Waals surface area contributed by atoms with Crippen molar-refractivity contribution >= 4 is 11.6 Å². The summed E-state index contributed by atoms with van der Waals surface area (Å²) < 4.78 is 6.02. The molecular weight excluding hydrogens is 400 g/mol. The van der Waals surface area contributed by atoms with Gasteiger partial charge in [0.15, 0.2) is 0 Å². The summed E-state index contributed by atoms with van der Waals surface area (Å²) in [6.07, 6.45) is 8.05. The summed E-state index contributed by atoms with van der Waals surface area (Å²) >= 11 is 0. The molecule has 1 aromatic rings. The van der Waals surface area contributed by atoms with Crippen molar-refractivity contribution in [2.75, 3.05) is 39.3 Å². The van der Waals surface area contributed by atoms with Gasteiger partial charge < -0.3 is 25.6 Å². The van der Waals surface area contributed by atoms with Crippen molar-refractivity contribution < 1.29 is 9.53 Å². The van der Waals surface area contributed by atoms with Gasteiger partial charge in [-0.25, -0.2) is 0 Å². The summed E-state index contributed by atoms with van der Waals surface area (Å²) in [5.41, 5.74) is 3.19. The van der Waals surface area contributed by atoms with E-state index in [1.54, 1.807) is 0 Å². The van der Waals surface area contributed by atoms with Gasteiger partial charge in [0.25, 0.3) is 0 Å². The number of amides is 1. The molecule has 6 nitrogen and oxygen atoms in total. The highest BCUT2D eigenvalue weighted by Gasteiger charge is 2.33. The number of nitrogens with zero attached hydrogens (tertiary/aromatic N) is 1. The second kappa shape index (κ2) is 11.2. The zero-order chi connectivity index (χ0) is 22.3. The van der Waals surface area contributed by atoms with E-state index in [4.69, 9.17) is 4.74 Å². The SMILES string of the molecule is C=C(N[C@@H]1CN[C@H](C(=O)N2CCCC2)C1)c1ccc(OCCCC2CCNCC2)cc1C. The summed E-state index contributed by atoms with van der Waals surface area (Å²) in [5.74, 6) is 2.05. The lowest BCUT2D eigenvalue weighted by molar-refractivity contribution is -0.132. The molecule has 6 heteroatoms. The number of piperidine rings is 1. The van der Waals surface area contributed by atoms with Crippen LogP contribution in [-0.2, 0) is 4.79 Å². The van der Waals surface area contributed by atoms with E-state index in [0.717, 1.165) is 93.5 Å². The van der Waals surface area contributed by atoms with Crippen molar-refractivity contribution in [2.45, 2.75) is 64.0 Å². The van der Waals surface area contributed by atoms with Crippen molar-refractivity contribution in [3.63, 3.8) is 0 Å². The molecule has 0 unspecified atom stereocenters. The molecule has 0 spiro atoms. The minimum absolute atomic E-state index is 0.0693. The fraction of sp³-hybridized carbons (Fsp3) is 0.654. The third-order valence-corrected chi connectivity index (χ3v) is 7.23. The molecule has 0 bridgehead atoms. The third kappa shape index (κ3) is 6.04. The smallest absolute Gasteiger partial charge is 0.239 e. The van der Waals surface area contributed by atoms with Gasteiger partial charge in [0, 0.05) is 36.9 Å². The molecule has 3 heterocycles. The van der Waals surface area contributed by atoms with Crippen LogP contribution in [0.4, 0.5) is 0 Å². The number of benzene rings is 1. The largest absolute Gasteiger partial charge is 0.494 e. The second-order valence-electron chi connectivity index (χ2n) is 9.71. The van der Waals surface area contributed by atoms with Gasteiger partial charge in [-0.3, -0.25) is 4.79 Å². The van der Waals surface area contributed by atoms with Crippen LogP contribution in [-0.4, -0.2) is 62.2 Å². The number of carbonyl (C=O) groups is 1. The van der Waals surface area contributed by atoms with Gasteiger partial charge in [0.2, 0.25) is 5.91 Å². The third-order valence-electron chi connectivity index (χ3n) is 7.23. The highest BCUT2D eigenvalue weighted by atomic mass is 16.5. The first-order chi connectivity index (χ1) is 15.6. The first-order valence-corrected chi connectivity index (χ1v) is 12.5. The molecule has 1 aromatic carbocycles. The van der Waals surface area contributed by atoms with Crippen molar-refractivity contribution in [2.24, 2.45) is 5.92 Å². The van der Waals surface area contributed by atoms with Crippen molar-refractivity contribution in [1.29, 1.82) is 0 Å². The van der Waals surface area contributed by atoms with Gasteiger partial charge in [-0.1, -0.05) is 6.58 Å². The van der Waals surface area contributed by atoms with E-state index in [1.807, 2.05) is 11.0 Å². The molecule has 2 atom stereocenters. The van der Waals surface area contributed by atoms with E-state index in [9.17, 15) is 4.79 Å². The van der Waals surface area contributed by atoms with Gasteiger partial charge in [-0.2, -0.15) is 0 Å². The molecule has 3 fully saturated rings. The molecule has 176 valence electrons. The van der Waals surface area contributed by atoms with Gasteiger partial charge in [0.05, 0.1) is 12.6 Å². The van der Waals surface area contributed by atoms with Crippen LogP contribution in [0.2, 0.25) is 0 Å². The number of aryl methyl sites for hydroxylation is 1. The standard InChI is InChI=1S/C26H40N4O2/c1-19-16-23(32-15-5-6-21-9-11-27-12-10-21)7-8-24(19)20(2)29-22-17-25(28-18-22)26(31)30-13-3-4-14-30/h7-8,16,21-22,25,27-29H,2-6,9-15,17-18H2,1H3/t22-,25-/m0/s1. The summed E-state index contributed by atoms with van der Waals surface area (Å²) in [6.45, 7) is 12.1. The van der Waals surface area contributed by atoms with Crippen LogP contribution in [0.3, 0.4) is 0 Å². The minimum atomic E-state index is -0.0693. The first-order valence-electron chi connectivity index (χ1n) is 12.5. The molecule has 0 aliphatic carbocycles. The monoisotopic (exact) mass is 440 g/mol. The fourth-order valence-corrected chi connectivity index (χ4v) is 5.31. The summed E-state index contributed by atoms with van der Waals surface area (Å²) in [7, 11) is 0. The van der Waals surface area contributed by atoms with Crippen molar-refractivity contribution in [3.8, 4) is 5.75 Å². The van der Waals surface area contributed by atoms with Crippen LogP contribution in [0, 0.1) is 12.8 Å². The van der Waals surface area contributed by atoms with Crippen LogP contribution in [0.15, 0.2) is 24.8 Å². The molecule has 32 heavy (non-hydrogen) atoms. The molecule has 3 saturated heterocycles. The highest BCUT2D eigenvalue weighted by molar-refractivity contribution is 5.82. The average Bonchev–Trinajstić information content (AvgIpc) is 3.50. The number of likely N-dealkylation sites (tertiary alicyclic amines) is 1. The van der Waals surface area contributed by atoms with E-state index in [2.05, 4.69) is 41.6 Å². The number of rotatable bonds is 9. The van der Waals surface area contributed by atoms with Crippen LogP contribution >= 0.6 is 0 Å². The Hall–Kier alpha value is -2.05. The number of hydrogen-bond donors (Lipinski definition) is 3. The van der Waals surface area contributed by atoms with E-state index in [-0.39, 0.29) is 18.0 Å². The molecule has 3 aliphatic rings. The lowest BCUT2D eigenvalue weighted by Crippen LogP contribution is -2.42. The minimum Gasteiger partial charge on any atom is -0.494 e. The Morgan fingerprint density at radius 3 is 2.78 bits per heavy atom.